The van der Waals surface area contributed by atoms with Crippen molar-refractivity contribution < 1.29 is 21.8 Å². The van der Waals surface area contributed by atoms with Crippen molar-refractivity contribution in [1.82, 2.24) is 0 Å². The van der Waals surface area contributed by atoms with E-state index in [0.29, 0.717) is 0 Å². The van der Waals surface area contributed by atoms with Crippen molar-refractivity contribution in [1.29, 1.82) is 0 Å². The molecule has 1 amide bonds. The van der Waals surface area contributed by atoms with E-state index in [4.69, 9.17) is 8.19 Å². The van der Waals surface area contributed by atoms with E-state index < -0.39 is 25.8 Å². The maximum Gasteiger partial charge on any atom is -0.0398 e. The second kappa shape index (κ2) is 8.36. The van der Waals surface area contributed by atoms with E-state index in [-0.39, 0.29) is 14.5 Å². The average molecular weight is 446 g/mol. The predicted molar refractivity (Wildman–Crippen MR) is 91.8 cm³/mol. The molecule has 0 bridgehead atoms. The van der Waals surface area contributed by atoms with E-state index in [1.54, 1.807) is 0 Å². The number of phenolic OH excluding ortho intramolecular Hbond substituents is 1. The average Bonchev–Trinajstić information content (AvgIpc) is 2.44. The van der Waals surface area contributed by atoms with Crippen LogP contribution in [0.1, 0.15) is 12.5 Å². The van der Waals surface area contributed by atoms with Crippen LogP contribution in [0.3, 0.4) is 0 Å². The number of hydrogen-bond acceptors (Lipinski definition) is 3. The van der Waals surface area contributed by atoms with Crippen molar-refractivity contribution in [3.05, 3.63) is 52.5 Å². The third-order valence-electron chi connectivity index (χ3n) is 2.66. The third-order valence-corrected chi connectivity index (χ3v) is 6.23. The number of benzene rings is 2. The van der Waals surface area contributed by atoms with E-state index in [1.165, 1.54) is 18.6 Å². The smallest absolute Gasteiger partial charge is 0.0398 e. The molecule has 0 radical (unpaired) electrons. The number of phenols is 1. The van der Waals surface area contributed by atoms with Gasteiger partial charge in [0.05, 0.1) is 0 Å². The number of nitrogens with one attached hydrogen (secondary N) is 1. The Bertz CT molecular complexity index is 730. The first-order valence-electron chi connectivity index (χ1n) is 6.49. The van der Waals surface area contributed by atoms with Gasteiger partial charge in [0.15, 0.2) is 0 Å². The molecular weight excluding hydrogens is 429 g/mol. The number of hydrogen-bond donors (Lipinski definition) is 4. The van der Waals surface area contributed by atoms with Crippen LogP contribution in [0, 0.1) is 6.92 Å². The molecule has 6 nitrogen and oxygen atoms in total. The van der Waals surface area contributed by atoms with E-state index in [0.717, 1.165) is 6.07 Å². The summed E-state index contributed by atoms with van der Waals surface area (Å²) in [6, 6.07) is 12.7. The Morgan fingerprint density at radius 3 is 2.09 bits per heavy atom. The van der Waals surface area contributed by atoms with E-state index in [2.05, 4.69) is 40.3 Å². The normalized spacial score (nSPS) is 10.5. The Balaban J connectivity index is 0.000000313. The Morgan fingerprint density at radius 2 is 1.70 bits per heavy atom. The summed E-state index contributed by atoms with van der Waals surface area (Å²) < 4.78 is 28.7. The summed E-state index contributed by atoms with van der Waals surface area (Å²) in [6.07, 6.45) is 0. The molecule has 0 saturated heterocycles. The molecular formula is C15H17AsBrNO5. The number of rotatable bonds is 2. The first kappa shape index (κ1) is 19.5. The zero-order chi connectivity index (χ0) is 17.6. The number of carbonyl (C=O) groups excluding carboxylic acids is 1. The number of halogens is 1. The topological polar surface area (TPSA) is 107 Å². The van der Waals surface area contributed by atoms with Gasteiger partial charge in [-0.2, -0.15) is 0 Å². The van der Waals surface area contributed by atoms with Gasteiger partial charge in [0.2, 0.25) is 0 Å². The van der Waals surface area contributed by atoms with Crippen molar-refractivity contribution in [2.75, 3.05) is 5.32 Å². The van der Waals surface area contributed by atoms with Gasteiger partial charge in [-0.1, -0.05) is 35.9 Å². The fourth-order valence-electron chi connectivity index (χ4n) is 1.60. The molecule has 2 aromatic rings. The van der Waals surface area contributed by atoms with Crippen LogP contribution >= 0.6 is 15.9 Å². The minimum absolute atomic E-state index is 0.0899. The molecule has 23 heavy (non-hydrogen) atoms. The summed E-state index contributed by atoms with van der Waals surface area (Å²) in [7, 11) is 0. The Labute approximate surface area is 145 Å². The monoisotopic (exact) mass is 445 g/mol. The van der Waals surface area contributed by atoms with Crippen molar-refractivity contribution in [3.8, 4) is 5.75 Å². The van der Waals surface area contributed by atoms with E-state index in [1.807, 2.05) is 18.2 Å². The molecule has 0 aliphatic heterocycles. The molecule has 0 unspecified atom stereocenters. The first-order valence-corrected chi connectivity index (χ1v) is 10.7. The van der Waals surface area contributed by atoms with Gasteiger partial charge in [0.25, 0.3) is 0 Å². The molecule has 0 aromatic heterocycles. The summed E-state index contributed by atoms with van der Waals surface area (Å²) in [5.74, 6) is -0.797. The fraction of sp³-hybridized carbons (Fsp3) is 0.133. The maximum atomic E-state index is 11.1. The van der Waals surface area contributed by atoms with Crippen LogP contribution < -0.4 is 9.67 Å². The van der Waals surface area contributed by atoms with Crippen molar-refractivity contribution in [2.24, 2.45) is 0 Å². The molecule has 2 rings (SSSR count). The maximum absolute atomic E-state index is 11.1. The van der Waals surface area contributed by atoms with Crippen molar-refractivity contribution in [3.63, 3.8) is 0 Å². The second-order valence-electron chi connectivity index (χ2n) is 4.67. The molecule has 0 saturated carbocycles. The second-order valence-corrected chi connectivity index (χ2v) is 8.76. The Hall–Kier alpha value is -1.53. The van der Waals surface area contributed by atoms with Crippen LogP contribution in [-0.2, 0) is 8.53 Å². The summed E-state index contributed by atoms with van der Waals surface area (Å²) in [5.41, 5.74) is 1.41. The zero-order valence-corrected chi connectivity index (χ0v) is 16.0. The number of aromatic hydroxyl groups is 1. The van der Waals surface area contributed by atoms with Crippen LogP contribution in [0.5, 0.6) is 5.75 Å². The van der Waals surface area contributed by atoms with Gasteiger partial charge in [-0.05, 0) is 6.92 Å². The van der Waals surface area contributed by atoms with Gasteiger partial charge in [0.1, 0.15) is 0 Å². The van der Waals surface area contributed by atoms with Crippen LogP contribution in [0.2, 0.25) is 0 Å². The summed E-state index contributed by atoms with van der Waals surface area (Å²) >= 11 is -2.20. The van der Waals surface area contributed by atoms with Gasteiger partial charge in [-0.15, -0.1) is 0 Å². The van der Waals surface area contributed by atoms with Gasteiger partial charge in [0, 0.05) is 0 Å². The van der Waals surface area contributed by atoms with Crippen LogP contribution in [0.25, 0.3) is 0 Å². The quantitative estimate of drug-likeness (QED) is 0.415. The SMILES string of the molecule is CC(=O)Nc1ccc([As](=O)(O)O)c(Br)c1O.Cc1ccccc1. The molecule has 0 aliphatic carbocycles. The summed E-state index contributed by atoms with van der Waals surface area (Å²) in [5, 5.41) is 11.9. The van der Waals surface area contributed by atoms with Crippen LogP contribution in [-0.4, -0.2) is 33.4 Å². The van der Waals surface area contributed by atoms with Crippen molar-refractivity contribution >= 4 is 46.0 Å². The standard InChI is InChI=1S/C8H9AsBrNO5.C7H8/c1-4(12)11-6-3-2-5(9(14,15)16)7(10)8(6)13;1-7-5-3-2-4-6-7/h2-3,13H,1H3,(H,11,12)(H2,14,15,16);2-6H,1H3. The first-order chi connectivity index (χ1) is 10.6. The van der Waals surface area contributed by atoms with E-state index in [9.17, 15) is 13.6 Å². The molecule has 0 fully saturated rings. The zero-order valence-electron chi connectivity index (χ0n) is 12.5. The summed E-state index contributed by atoms with van der Waals surface area (Å²) in [6.45, 7) is 3.34. The molecule has 0 aliphatic rings. The molecule has 4 N–H and O–H groups in total. The Morgan fingerprint density at radius 1 is 1.13 bits per heavy atom. The van der Waals surface area contributed by atoms with Crippen LogP contribution in [0.15, 0.2) is 46.9 Å². The number of carbonyl (C=O) groups is 1. The van der Waals surface area contributed by atoms with E-state index >= 15 is 0 Å². The van der Waals surface area contributed by atoms with Crippen LogP contribution in [0.4, 0.5) is 5.69 Å². The third kappa shape index (κ3) is 6.23. The molecule has 0 atom stereocenters. The fourth-order valence-corrected chi connectivity index (χ4v) is 4.47. The number of aryl methyl sites for hydroxylation is 1. The number of anilines is 1. The van der Waals surface area contributed by atoms with Crippen molar-refractivity contribution in [2.45, 2.75) is 13.8 Å². The molecule has 8 heteroatoms. The molecule has 0 heterocycles. The minimum Gasteiger partial charge on any atom is -0.0622 e. The Kier molecular flexibility index (Phi) is 7.09. The van der Waals surface area contributed by atoms with Gasteiger partial charge >= 0.3 is 102 Å². The molecule has 0 spiro atoms. The van der Waals surface area contributed by atoms with Gasteiger partial charge < -0.3 is 0 Å². The van der Waals surface area contributed by atoms with Gasteiger partial charge in [-0.3, -0.25) is 0 Å². The largest absolute Gasteiger partial charge is 0.0622 e. The minimum atomic E-state index is -5.08. The predicted octanol–water partition coefficient (Wildman–Crippen LogP) is 1.67. The molecule has 124 valence electrons. The number of amides is 1. The molecule has 2 aromatic carbocycles. The van der Waals surface area contributed by atoms with Gasteiger partial charge in [-0.25, -0.2) is 0 Å². The summed E-state index contributed by atoms with van der Waals surface area (Å²) in [4.78, 5) is 10.8.